The monoisotopic (exact) mass is 576 g/mol. The highest BCUT2D eigenvalue weighted by molar-refractivity contribution is 5.96. The Labute approximate surface area is 232 Å². The number of nitrogens with one attached hydrogen (secondary N) is 4. The number of fused-ring (bicyclic) bond motifs is 1. The zero-order chi connectivity index (χ0) is 30.7. The van der Waals surface area contributed by atoms with Crippen molar-refractivity contribution in [2.24, 2.45) is 11.5 Å². The molecule has 0 fully saturated rings. The van der Waals surface area contributed by atoms with Crippen molar-refractivity contribution < 1.29 is 48.9 Å². The summed E-state index contributed by atoms with van der Waals surface area (Å²) in [7, 11) is 0. The van der Waals surface area contributed by atoms with Crippen LogP contribution in [0.2, 0.25) is 0 Å². The summed E-state index contributed by atoms with van der Waals surface area (Å²) in [6.07, 6.45) is -1.01. The first-order valence-corrected chi connectivity index (χ1v) is 12.4. The number of carboxylic acids is 3. The van der Waals surface area contributed by atoms with Gasteiger partial charge in [-0.25, -0.2) is 4.79 Å². The lowest BCUT2D eigenvalue weighted by atomic mass is 10.0. The third-order valence-corrected chi connectivity index (χ3v) is 6.04. The number of hydrogen-bond acceptors (Lipinski definition) is 8. The van der Waals surface area contributed by atoms with E-state index in [1.807, 2.05) is 23.5 Å². The molecule has 2 rings (SSSR count). The van der Waals surface area contributed by atoms with Gasteiger partial charge in [0.2, 0.25) is 23.6 Å². The second-order valence-electron chi connectivity index (χ2n) is 9.23. The minimum atomic E-state index is -1.81. The predicted octanol–water partition coefficient (Wildman–Crippen LogP) is -1.82. The third kappa shape index (κ3) is 10.2. The van der Waals surface area contributed by atoms with Crippen LogP contribution in [0.4, 0.5) is 0 Å². The Balaban J connectivity index is 2.16. The Morgan fingerprint density at radius 2 is 1.37 bits per heavy atom. The number of H-pyrrole nitrogens is 1. The van der Waals surface area contributed by atoms with Crippen molar-refractivity contribution in [3.05, 3.63) is 36.0 Å². The number of aliphatic carboxylic acids is 3. The SMILES string of the molecule is NC(=O)CCC(NC(=O)C(CC(=O)O)NC(=O)C(CCC(=O)O)NC(=O)C(N)Cc1c[nH]c2ccccc12)C(=O)O. The normalized spacial score (nSPS) is 13.8. The van der Waals surface area contributed by atoms with Crippen molar-refractivity contribution in [3.63, 3.8) is 0 Å². The molecule has 0 spiro atoms. The minimum Gasteiger partial charge on any atom is -0.481 e. The number of aromatic nitrogens is 1. The Morgan fingerprint density at radius 3 is 1.98 bits per heavy atom. The fourth-order valence-corrected chi connectivity index (χ4v) is 3.92. The topological polar surface area (TPSA) is 284 Å². The predicted molar refractivity (Wildman–Crippen MR) is 141 cm³/mol. The van der Waals surface area contributed by atoms with Crippen LogP contribution in [0, 0.1) is 0 Å². The van der Waals surface area contributed by atoms with Crippen LogP contribution in [0.1, 0.15) is 37.7 Å². The largest absolute Gasteiger partial charge is 0.481 e. The maximum Gasteiger partial charge on any atom is 0.326 e. The van der Waals surface area contributed by atoms with Gasteiger partial charge in [-0.2, -0.15) is 0 Å². The molecule has 4 atom stereocenters. The molecule has 16 heteroatoms. The van der Waals surface area contributed by atoms with Gasteiger partial charge in [-0.05, 0) is 30.9 Å². The van der Waals surface area contributed by atoms with Crippen LogP contribution >= 0.6 is 0 Å². The van der Waals surface area contributed by atoms with Crippen molar-refractivity contribution in [1.29, 1.82) is 0 Å². The molecular formula is C25H32N6O10. The van der Waals surface area contributed by atoms with Crippen LogP contribution in [-0.2, 0) is 40.0 Å². The van der Waals surface area contributed by atoms with Gasteiger partial charge in [0.05, 0.1) is 12.5 Å². The molecule has 41 heavy (non-hydrogen) atoms. The zero-order valence-electron chi connectivity index (χ0n) is 21.8. The summed E-state index contributed by atoms with van der Waals surface area (Å²) in [5, 5.41) is 35.0. The highest BCUT2D eigenvalue weighted by Crippen LogP contribution is 2.19. The van der Waals surface area contributed by atoms with Gasteiger partial charge in [0.1, 0.15) is 18.1 Å². The van der Waals surface area contributed by atoms with Crippen molar-refractivity contribution in [2.75, 3.05) is 0 Å². The average molecular weight is 577 g/mol. The summed E-state index contributed by atoms with van der Waals surface area (Å²) in [6, 6.07) is 1.17. The number of amides is 4. The van der Waals surface area contributed by atoms with Gasteiger partial charge in [0.15, 0.2) is 0 Å². The van der Waals surface area contributed by atoms with E-state index in [1.165, 1.54) is 0 Å². The number of rotatable bonds is 17. The number of nitrogens with two attached hydrogens (primary N) is 2. The number of benzene rings is 1. The van der Waals surface area contributed by atoms with Gasteiger partial charge in [-0.3, -0.25) is 28.8 Å². The number of primary amides is 1. The molecule has 222 valence electrons. The fourth-order valence-electron chi connectivity index (χ4n) is 3.92. The van der Waals surface area contributed by atoms with E-state index in [0.29, 0.717) is 0 Å². The summed E-state index contributed by atoms with van der Waals surface area (Å²) in [6.45, 7) is 0. The van der Waals surface area contributed by atoms with E-state index >= 15 is 0 Å². The van der Waals surface area contributed by atoms with E-state index in [4.69, 9.17) is 16.6 Å². The molecular weight excluding hydrogens is 544 g/mol. The summed E-state index contributed by atoms with van der Waals surface area (Å²) in [4.78, 5) is 86.6. The summed E-state index contributed by atoms with van der Waals surface area (Å²) < 4.78 is 0. The van der Waals surface area contributed by atoms with Gasteiger partial charge in [0.25, 0.3) is 0 Å². The molecule has 1 aromatic carbocycles. The quantitative estimate of drug-likeness (QED) is 0.101. The smallest absolute Gasteiger partial charge is 0.326 e. The lowest BCUT2D eigenvalue weighted by Crippen LogP contribution is -2.57. The molecule has 0 radical (unpaired) electrons. The van der Waals surface area contributed by atoms with Gasteiger partial charge in [-0.15, -0.1) is 0 Å². The molecule has 1 aromatic heterocycles. The number of carbonyl (C=O) groups excluding carboxylic acids is 4. The second kappa shape index (κ2) is 15.0. The van der Waals surface area contributed by atoms with Crippen molar-refractivity contribution in [2.45, 2.75) is 62.7 Å². The van der Waals surface area contributed by atoms with E-state index < -0.39 is 97.8 Å². The molecule has 0 saturated heterocycles. The first-order chi connectivity index (χ1) is 19.3. The first kappa shape index (κ1) is 32.2. The number of para-hydroxylation sites is 1. The van der Waals surface area contributed by atoms with E-state index in [-0.39, 0.29) is 6.42 Å². The highest BCUT2D eigenvalue weighted by atomic mass is 16.4. The van der Waals surface area contributed by atoms with Gasteiger partial charge >= 0.3 is 17.9 Å². The lowest BCUT2D eigenvalue weighted by molar-refractivity contribution is -0.143. The van der Waals surface area contributed by atoms with Crippen LogP contribution in [0.3, 0.4) is 0 Å². The third-order valence-electron chi connectivity index (χ3n) is 6.04. The average Bonchev–Trinajstić information content (AvgIpc) is 3.30. The van der Waals surface area contributed by atoms with Crippen LogP contribution in [-0.4, -0.2) is 86.0 Å². The standard InChI is InChI=1S/C25H32N6O10/c26-14(9-12-11-28-15-4-2-1-3-13(12)15)22(37)29-16(6-8-20(33)34)23(38)31-18(10-21(35)36)24(39)30-17(25(40)41)5-7-19(27)32/h1-4,11,14,16-18,28H,5-10,26H2,(H2,27,32)(H,29,37)(H,30,39)(H,31,38)(H,33,34)(H,35,36)(H,40,41). The fraction of sp³-hybridized carbons (Fsp3) is 0.400. The summed E-state index contributed by atoms with van der Waals surface area (Å²) >= 11 is 0. The summed E-state index contributed by atoms with van der Waals surface area (Å²) in [5.74, 6) is -8.28. The van der Waals surface area contributed by atoms with E-state index in [9.17, 15) is 43.8 Å². The minimum absolute atomic E-state index is 0.0645. The molecule has 0 bridgehead atoms. The summed E-state index contributed by atoms with van der Waals surface area (Å²) in [5.41, 5.74) is 12.6. The van der Waals surface area contributed by atoms with E-state index in [0.717, 1.165) is 16.5 Å². The maximum absolute atomic E-state index is 13.0. The molecule has 16 nitrogen and oxygen atoms in total. The van der Waals surface area contributed by atoms with Gasteiger partial charge in [0, 0.05) is 29.9 Å². The van der Waals surface area contributed by atoms with Crippen LogP contribution in [0.25, 0.3) is 10.9 Å². The molecule has 4 unspecified atom stereocenters. The van der Waals surface area contributed by atoms with Gasteiger partial charge < -0.3 is 47.7 Å². The Bertz CT molecular complexity index is 1310. The second-order valence-corrected chi connectivity index (χ2v) is 9.23. The van der Waals surface area contributed by atoms with E-state index in [1.54, 1.807) is 12.3 Å². The number of carboxylic acid groups (broad SMARTS) is 3. The van der Waals surface area contributed by atoms with Crippen molar-refractivity contribution >= 4 is 52.4 Å². The Morgan fingerprint density at radius 1 is 0.780 bits per heavy atom. The molecule has 0 aliphatic heterocycles. The number of aromatic amines is 1. The molecule has 0 aliphatic carbocycles. The molecule has 0 aliphatic rings. The van der Waals surface area contributed by atoms with Crippen molar-refractivity contribution in [1.82, 2.24) is 20.9 Å². The van der Waals surface area contributed by atoms with Crippen LogP contribution in [0.5, 0.6) is 0 Å². The molecule has 1 heterocycles. The molecule has 11 N–H and O–H groups in total. The van der Waals surface area contributed by atoms with Gasteiger partial charge in [-0.1, -0.05) is 18.2 Å². The lowest BCUT2D eigenvalue weighted by Gasteiger charge is -2.24. The molecule has 0 saturated carbocycles. The molecule has 4 amide bonds. The Kier molecular flexibility index (Phi) is 11.8. The van der Waals surface area contributed by atoms with E-state index in [2.05, 4.69) is 15.6 Å². The number of hydrogen-bond donors (Lipinski definition) is 9. The molecule has 2 aromatic rings. The van der Waals surface area contributed by atoms with Crippen molar-refractivity contribution in [3.8, 4) is 0 Å². The highest BCUT2D eigenvalue weighted by Gasteiger charge is 2.32. The van der Waals surface area contributed by atoms with Crippen LogP contribution in [0.15, 0.2) is 30.5 Å². The maximum atomic E-state index is 13.0. The van der Waals surface area contributed by atoms with Crippen LogP contribution < -0.4 is 27.4 Å². The zero-order valence-corrected chi connectivity index (χ0v) is 21.8. The number of carbonyl (C=O) groups is 7. The Hall–Kier alpha value is -4.99. The first-order valence-electron chi connectivity index (χ1n) is 12.4.